The zero-order valence-corrected chi connectivity index (χ0v) is 14.0. The van der Waals surface area contributed by atoms with E-state index in [-0.39, 0.29) is 22.8 Å². The van der Waals surface area contributed by atoms with Crippen LogP contribution in [0.3, 0.4) is 0 Å². The topological polar surface area (TPSA) is 117 Å². The van der Waals surface area contributed by atoms with E-state index in [2.05, 4.69) is 15.4 Å². The molecule has 2 aromatic rings. The molecule has 0 fully saturated rings. The zero-order chi connectivity index (χ0) is 20.2. The number of urea groups is 1. The first kappa shape index (κ1) is 19.8. The highest BCUT2D eigenvalue weighted by Gasteiger charge is 2.32. The number of hydrogen-bond acceptors (Lipinski definition) is 4. The fourth-order valence-corrected chi connectivity index (χ4v) is 2.16. The Balaban J connectivity index is 2.25. The van der Waals surface area contributed by atoms with Gasteiger partial charge in [0.05, 0.1) is 18.2 Å². The zero-order valence-electron chi connectivity index (χ0n) is 14.0. The highest BCUT2D eigenvalue weighted by Crippen LogP contribution is 2.32. The molecule has 0 unspecified atom stereocenters. The van der Waals surface area contributed by atoms with E-state index in [1.807, 2.05) is 0 Å². The van der Waals surface area contributed by atoms with E-state index >= 15 is 0 Å². The van der Waals surface area contributed by atoms with Crippen molar-refractivity contribution in [2.45, 2.75) is 6.18 Å². The summed E-state index contributed by atoms with van der Waals surface area (Å²) in [5.74, 6) is -1.18. The maximum absolute atomic E-state index is 13.0. The highest BCUT2D eigenvalue weighted by molar-refractivity contribution is 6.02. The number of anilines is 2. The Kier molecular flexibility index (Phi) is 5.69. The van der Waals surface area contributed by atoms with Gasteiger partial charge in [0, 0.05) is 16.9 Å². The molecule has 0 saturated heterocycles. The monoisotopic (exact) mass is 380 g/mol. The quantitative estimate of drug-likeness (QED) is 0.369. The van der Waals surface area contributed by atoms with Gasteiger partial charge in [0.25, 0.3) is 0 Å². The minimum atomic E-state index is -4.72. The first-order valence-electron chi connectivity index (χ1n) is 7.43. The largest absolute Gasteiger partial charge is 0.465 e. The molecule has 0 radical (unpaired) electrons. The summed E-state index contributed by atoms with van der Waals surface area (Å²) in [5, 5.41) is 12.0. The fraction of sp³-hybridized carbons (Fsp3) is 0.118. The van der Waals surface area contributed by atoms with Crippen LogP contribution in [0.25, 0.3) is 0 Å². The molecule has 0 aliphatic heterocycles. The van der Waals surface area contributed by atoms with Gasteiger partial charge in [0.1, 0.15) is 5.84 Å². The van der Waals surface area contributed by atoms with E-state index in [0.29, 0.717) is 17.7 Å². The summed E-state index contributed by atoms with van der Waals surface area (Å²) in [7, 11) is 1.03. The van der Waals surface area contributed by atoms with Crippen molar-refractivity contribution in [1.82, 2.24) is 0 Å². The van der Waals surface area contributed by atoms with Crippen molar-refractivity contribution < 1.29 is 27.5 Å². The van der Waals surface area contributed by atoms with Crippen LogP contribution in [0.15, 0.2) is 42.5 Å². The van der Waals surface area contributed by atoms with Crippen LogP contribution < -0.4 is 16.4 Å². The Morgan fingerprint density at radius 1 is 1.04 bits per heavy atom. The van der Waals surface area contributed by atoms with Crippen LogP contribution in [0.5, 0.6) is 0 Å². The SMILES string of the molecule is COC(=O)c1cc(NC(=O)Nc2cccc(C(=N)N)c2)cc(C(F)(F)F)c1. The number of nitrogens with two attached hydrogens (primary N) is 1. The second-order valence-electron chi connectivity index (χ2n) is 5.36. The molecule has 2 aromatic carbocycles. The number of rotatable bonds is 4. The average molecular weight is 380 g/mol. The number of carbonyl (C=O) groups excluding carboxylic acids is 2. The van der Waals surface area contributed by atoms with Crippen molar-refractivity contribution in [3.8, 4) is 0 Å². The van der Waals surface area contributed by atoms with Gasteiger partial charge in [-0.3, -0.25) is 5.41 Å². The lowest BCUT2D eigenvalue weighted by Gasteiger charge is -2.13. The summed E-state index contributed by atoms with van der Waals surface area (Å²) in [5.41, 5.74) is 4.28. The molecule has 0 aliphatic carbocycles. The molecule has 2 amide bonds. The minimum absolute atomic E-state index is 0.209. The standard InChI is InChI=1S/C17H15F3N4O3/c1-27-15(25)10-5-11(17(18,19)20)8-13(7-10)24-16(26)23-12-4-2-3-9(6-12)14(21)22/h2-8H,1H3,(H3,21,22)(H2,23,24,26). The number of benzene rings is 2. The van der Waals surface area contributed by atoms with Crippen molar-refractivity contribution in [1.29, 1.82) is 5.41 Å². The summed E-state index contributed by atoms with van der Waals surface area (Å²) in [6, 6.07) is 7.58. The molecule has 7 nitrogen and oxygen atoms in total. The molecule has 27 heavy (non-hydrogen) atoms. The van der Waals surface area contributed by atoms with E-state index in [9.17, 15) is 22.8 Å². The molecule has 0 aromatic heterocycles. The van der Waals surface area contributed by atoms with Gasteiger partial charge in [0.15, 0.2) is 0 Å². The maximum atomic E-state index is 13.0. The molecule has 5 N–H and O–H groups in total. The van der Waals surface area contributed by atoms with Crippen LogP contribution in [0, 0.1) is 5.41 Å². The summed E-state index contributed by atoms with van der Waals surface area (Å²) in [4.78, 5) is 23.6. The molecule has 0 aliphatic rings. The van der Waals surface area contributed by atoms with Crippen LogP contribution in [0.1, 0.15) is 21.5 Å². The number of nitrogens with one attached hydrogen (secondary N) is 3. The third-order valence-corrected chi connectivity index (χ3v) is 3.37. The van der Waals surface area contributed by atoms with Gasteiger partial charge in [-0.1, -0.05) is 12.1 Å². The summed E-state index contributed by atoms with van der Waals surface area (Å²) in [6.07, 6.45) is -4.72. The van der Waals surface area contributed by atoms with Crippen LogP contribution in [0.2, 0.25) is 0 Å². The van der Waals surface area contributed by atoms with Gasteiger partial charge < -0.3 is 21.1 Å². The molecule has 0 saturated carbocycles. The van der Waals surface area contributed by atoms with E-state index in [1.54, 1.807) is 12.1 Å². The van der Waals surface area contributed by atoms with Crippen LogP contribution in [-0.4, -0.2) is 24.9 Å². The summed E-state index contributed by atoms with van der Waals surface area (Å²) in [6.45, 7) is 0. The number of nitrogen functional groups attached to an aromatic ring is 1. The number of esters is 1. The number of alkyl halides is 3. The minimum Gasteiger partial charge on any atom is -0.465 e. The molecule has 2 rings (SSSR count). The average Bonchev–Trinajstić information content (AvgIpc) is 2.60. The second-order valence-corrected chi connectivity index (χ2v) is 5.36. The number of methoxy groups -OCH3 is 1. The van der Waals surface area contributed by atoms with Crippen molar-refractivity contribution in [2.24, 2.45) is 5.73 Å². The van der Waals surface area contributed by atoms with Gasteiger partial charge in [-0.05, 0) is 30.3 Å². The van der Waals surface area contributed by atoms with Gasteiger partial charge in [-0.2, -0.15) is 13.2 Å². The molecule has 0 atom stereocenters. The number of amides is 2. The Morgan fingerprint density at radius 3 is 2.26 bits per heavy atom. The number of amidine groups is 1. The van der Waals surface area contributed by atoms with E-state index < -0.39 is 23.7 Å². The number of ether oxygens (including phenoxy) is 1. The third-order valence-electron chi connectivity index (χ3n) is 3.37. The smallest absolute Gasteiger partial charge is 0.416 e. The van der Waals surface area contributed by atoms with Crippen molar-refractivity contribution >= 4 is 29.2 Å². The Bertz CT molecular complexity index is 897. The lowest BCUT2D eigenvalue weighted by Crippen LogP contribution is -2.21. The predicted octanol–water partition coefficient (Wildman–Crippen LogP) is 3.42. The lowest BCUT2D eigenvalue weighted by atomic mass is 10.1. The Labute approximate surface area is 151 Å². The molecule has 0 bridgehead atoms. The van der Waals surface area contributed by atoms with Crippen LogP contribution in [0.4, 0.5) is 29.3 Å². The fourth-order valence-electron chi connectivity index (χ4n) is 2.16. The van der Waals surface area contributed by atoms with Crippen LogP contribution in [-0.2, 0) is 10.9 Å². The third kappa shape index (κ3) is 5.21. The number of hydrogen-bond donors (Lipinski definition) is 4. The molecule has 142 valence electrons. The molecule has 0 spiro atoms. The molecular weight excluding hydrogens is 365 g/mol. The van der Waals surface area contributed by atoms with Crippen LogP contribution >= 0.6 is 0 Å². The normalized spacial score (nSPS) is 10.8. The van der Waals surface area contributed by atoms with Gasteiger partial charge in [-0.15, -0.1) is 0 Å². The van der Waals surface area contributed by atoms with Crippen molar-refractivity contribution in [3.63, 3.8) is 0 Å². The summed E-state index contributed by atoms with van der Waals surface area (Å²) < 4.78 is 43.5. The first-order chi connectivity index (χ1) is 12.6. The number of carbonyl (C=O) groups is 2. The molecule has 0 heterocycles. The van der Waals surface area contributed by atoms with Gasteiger partial charge in [-0.25, -0.2) is 9.59 Å². The van der Waals surface area contributed by atoms with E-state index in [0.717, 1.165) is 13.2 Å². The maximum Gasteiger partial charge on any atom is 0.416 e. The Hall–Kier alpha value is -3.56. The summed E-state index contributed by atoms with van der Waals surface area (Å²) >= 11 is 0. The molecular formula is C17H15F3N4O3. The van der Waals surface area contributed by atoms with Gasteiger partial charge in [0.2, 0.25) is 0 Å². The van der Waals surface area contributed by atoms with Crippen molar-refractivity contribution in [2.75, 3.05) is 17.7 Å². The predicted molar refractivity (Wildman–Crippen MR) is 92.9 cm³/mol. The van der Waals surface area contributed by atoms with E-state index in [4.69, 9.17) is 11.1 Å². The number of halogens is 3. The van der Waals surface area contributed by atoms with Crippen molar-refractivity contribution in [3.05, 3.63) is 59.2 Å². The van der Waals surface area contributed by atoms with Gasteiger partial charge >= 0.3 is 18.2 Å². The lowest BCUT2D eigenvalue weighted by molar-refractivity contribution is -0.137. The Morgan fingerprint density at radius 2 is 1.67 bits per heavy atom. The second kappa shape index (κ2) is 7.77. The first-order valence-corrected chi connectivity index (χ1v) is 7.43. The van der Waals surface area contributed by atoms with E-state index in [1.165, 1.54) is 12.1 Å². The molecule has 10 heteroatoms. The highest BCUT2D eigenvalue weighted by atomic mass is 19.4.